The number of hydrogen-bond acceptors (Lipinski definition) is 0. The van der Waals surface area contributed by atoms with Crippen molar-refractivity contribution in [2.24, 2.45) is 0 Å². The lowest BCUT2D eigenvalue weighted by Gasteiger charge is -2.21. The van der Waals surface area contributed by atoms with E-state index in [1.807, 2.05) is 0 Å². The van der Waals surface area contributed by atoms with Crippen molar-refractivity contribution in [2.75, 3.05) is 0 Å². The third-order valence-corrected chi connectivity index (χ3v) is 6.15. The molecule has 0 saturated carbocycles. The Morgan fingerprint density at radius 2 is 0.966 bits per heavy atom. The van der Waals surface area contributed by atoms with Gasteiger partial charge >= 0.3 is 0 Å². The van der Waals surface area contributed by atoms with Crippen molar-refractivity contribution in [1.29, 1.82) is 0 Å². The first-order valence-corrected chi connectivity index (χ1v) is 10.2. The Bertz CT molecular complexity index is 1380. The quantitative estimate of drug-likeness (QED) is 0.280. The first-order valence-electron chi connectivity index (χ1n) is 10.2. The van der Waals surface area contributed by atoms with Gasteiger partial charge in [0.05, 0.1) is 0 Å². The molecule has 0 aliphatic heterocycles. The highest BCUT2D eigenvalue weighted by Crippen LogP contribution is 2.51. The van der Waals surface area contributed by atoms with Crippen molar-refractivity contribution >= 4 is 33.2 Å². The Hall–Kier alpha value is -3.64. The number of hydrogen-bond donors (Lipinski definition) is 0. The van der Waals surface area contributed by atoms with E-state index in [4.69, 9.17) is 0 Å². The summed E-state index contributed by atoms with van der Waals surface area (Å²) in [6.45, 7) is 0. The lowest BCUT2D eigenvalue weighted by atomic mass is 9.82. The van der Waals surface area contributed by atoms with Crippen molar-refractivity contribution in [3.63, 3.8) is 0 Å². The molecule has 0 heterocycles. The molecule has 0 amide bonds. The maximum atomic E-state index is 2.43. The molecule has 0 nitrogen and oxygen atoms in total. The van der Waals surface area contributed by atoms with Crippen LogP contribution in [-0.4, -0.2) is 0 Å². The Labute approximate surface area is 170 Å². The maximum absolute atomic E-state index is 2.43. The molecule has 0 bridgehead atoms. The molecule has 5 aromatic carbocycles. The van der Waals surface area contributed by atoms with Gasteiger partial charge < -0.3 is 0 Å². The van der Waals surface area contributed by atoms with Gasteiger partial charge in [0.2, 0.25) is 0 Å². The van der Waals surface area contributed by atoms with E-state index >= 15 is 0 Å². The van der Waals surface area contributed by atoms with E-state index < -0.39 is 0 Å². The monoisotopic (exact) mass is 368 g/mol. The summed E-state index contributed by atoms with van der Waals surface area (Å²) in [5, 5.41) is 5.37. The molecule has 1 aliphatic carbocycles. The van der Waals surface area contributed by atoms with Crippen LogP contribution < -0.4 is 0 Å². The van der Waals surface area contributed by atoms with Gasteiger partial charge in [-0.1, -0.05) is 109 Å². The highest BCUT2D eigenvalue weighted by molar-refractivity contribution is 6.17. The zero-order valence-electron chi connectivity index (χ0n) is 16.0. The van der Waals surface area contributed by atoms with Crippen LogP contribution in [0.3, 0.4) is 0 Å². The zero-order chi connectivity index (χ0) is 19.2. The molecule has 0 N–H and O–H groups in total. The van der Waals surface area contributed by atoms with Crippen LogP contribution in [0.5, 0.6) is 0 Å². The van der Waals surface area contributed by atoms with E-state index in [-0.39, 0.29) is 5.92 Å². The normalized spacial score (nSPS) is 15.4. The molecule has 0 spiro atoms. The second-order valence-electron chi connectivity index (χ2n) is 7.73. The summed E-state index contributed by atoms with van der Waals surface area (Å²) >= 11 is 0. The van der Waals surface area contributed by atoms with Gasteiger partial charge in [-0.15, -0.1) is 0 Å². The Balaban J connectivity index is 1.76. The molecule has 29 heavy (non-hydrogen) atoms. The van der Waals surface area contributed by atoms with Crippen LogP contribution >= 0.6 is 0 Å². The van der Waals surface area contributed by atoms with Crippen LogP contribution in [0, 0.1) is 0 Å². The van der Waals surface area contributed by atoms with E-state index in [1.165, 1.54) is 49.4 Å². The molecule has 0 radical (unpaired) electrons. The standard InChI is InChI=1S/C29H20/c1-3-11-20(12-4-1)26-19-27-24-17-8-7-15-22(24)23-16-9-10-18-25(23)29(27)28(26)21-13-5-2-6-14-21/h1-19,28H. The third-order valence-electron chi connectivity index (χ3n) is 6.15. The molecular formula is C29H20. The molecule has 0 heteroatoms. The Morgan fingerprint density at radius 1 is 0.448 bits per heavy atom. The van der Waals surface area contributed by atoms with Crippen LogP contribution in [0.2, 0.25) is 0 Å². The molecule has 6 rings (SSSR count). The van der Waals surface area contributed by atoms with Crippen LogP contribution in [0.4, 0.5) is 0 Å². The number of rotatable bonds is 2. The Kier molecular flexibility index (Phi) is 3.64. The minimum absolute atomic E-state index is 0.239. The minimum Gasteiger partial charge on any atom is -0.0622 e. The summed E-state index contributed by atoms with van der Waals surface area (Å²) in [7, 11) is 0. The molecule has 5 aromatic rings. The zero-order valence-corrected chi connectivity index (χ0v) is 16.0. The highest BCUT2D eigenvalue weighted by Gasteiger charge is 2.31. The summed E-state index contributed by atoms with van der Waals surface area (Å²) in [5.74, 6) is 0.239. The molecule has 1 atom stereocenters. The number of fused-ring (bicyclic) bond motifs is 6. The molecule has 0 aromatic heterocycles. The second-order valence-corrected chi connectivity index (χ2v) is 7.73. The van der Waals surface area contributed by atoms with E-state index in [9.17, 15) is 0 Å². The summed E-state index contributed by atoms with van der Waals surface area (Å²) in [6, 6.07) is 39.5. The van der Waals surface area contributed by atoms with Crippen LogP contribution in [0.25, 0.3) is 33.2 Å². The SMILES string of the molecule is C1=C(c2ccccc2)C(c2ccccc2)c2c1c1ccccc1c1ccccc21. The molecule has 1 unspecified atom stereocenters. The largest absolute Gasteiger partial charge is 0.0622 e. The second kappa shape index (κ2) is 6.46. The van der Waals surface area contributed by atoms with Gasteiger partial charge in [0.15, 0.2) is 0 Å². The minimum atomic E-state index is 0.239. The lowest BCUT2D eigenvalue weighted by Crippen LogP contribution is -2.02. The molecular weight excluding hydrogens is 348 g/mol. The molecule has 136 valence electrons. The van der Waals surface area contributed by atoms with Crippen molar-refractivity contribution < 1.29 is 0 Å². The molecule has 0 fully saturated rings. The van der Waals surface area contributed by atoms with Gasteiger partial charge in [-0.05, 0) is 55.4 Å². The van der Waals surface area contributed by atoms with E-state index in [0.717, 1.165) is 0 Å². The van der Waals surface area contributed by atoms with Gasteiger partial charge in [0, 0.05) is 5.92 Å². The third kappa shape index (κ3) is 2.46. The van der Waals surface area contributed by atoms with Crippen LogP contribution in [0.1, 0.15) is 28.2 Å². The number of benzene rings is 5. The lowest BCUT2D eigenvalue weighted by molar-refractivity contribution is 1.08. The Morgan fingerprint density at radius 3 is 1.66 bits per heavy atom. The fourth-order valence-electron chi connectivity index (χ4n) is 4.93. The van der Waals surface area contributed by atoms with Gasteiger partial charge in [0.1, 0.15) is 0 Å². The smallest absolute Gasteiger partial charge is 0.0358 e. The average molecular weight is 368 g/mol. The summed E-state index contributed by atoms with van der Waals surface area (Å²) in [6.07, 6.45) is 2.43. The summed E-state index contributed by atoms with van der Waals surface area (Å²) in [4.78, 5) is 0. The molecule has 1 aliphatic rings. The van der Waals surface area contributed by atoms with E-state index in [1.54, 1.807) is 0 Å². The van der Waals surface area contributed by atoms with Crippen molar-refractivity contribution in [3.05, 3.63) is 131 Å². The van der Waals surface area contributed by atoms with Gasteiger partial charge in [-0.25, -0.2) is 0 Å². The average Bonchev–Trinajstić information content (AvgIpc) is 3.22. The molecule has 0 saturated heterocycles. The highest BCUT2D eigenvalue weighted by atomic mass is 14.3. The fourth-order valence-corrected chi connectivity index (χ4v) is 4.93. The number of allylic oxidation sites excluding steroid dienone is 1. The summed E-state index contributed by atoms with van der Waals surface area (Å²) in [5.41, 5.74) is 6.83. The summed E-state index contributed by atoms with van der Waals surface area (Å²) < 4.78 is 0. The van der Waals surface area contributed by atoms with Crippen LogP contribution in [-0.2, 0) is 0 Å². The predicted molar refractivity (Wildman–Crippen MR) is 124 cm³/mol. The topological polar surface area (TPSA) is 0 Å². The van der Waals surface area contributed by atoms with E-state index in [0.29, 0.717) is 0 Å². The fraction of sp³-hybridized carbons (Fsp3) is 0.0345. The van der Waals surface area contributed by atoms with Crippen molar-refractivity contribution in [3.8, 4) is 0 Å². The van der Waals surface area contributed by atoms with Gasteiger partial charge in [-0.2, -0.15) is 0 Å². The van der Waals surface area contributed by atoms with Crippen LogP contribution in [0.15, 0.2) is 109 Å². The van der Waals surface area contributed by atoms with Crippen molar-refractivity contribution in [2.45, 2.75) is 5.92 Å². The van der Waals surface area contributed by atoms with Gasteiger partial charge in [0.25, 0.3) is 0 Å². The maximum Gasteiger partial charge on any atom is 0.0358 e. The van der Waals surface area contributed by atoms with Gasteiger partial charge in [-0.3, -0.25) is 0 Å². The van der Waals surface area contributed by atoms with Crippen molar-refractivity contribution in [1.82, 2.24) is 0 Å². The van der Waals surface area contributed by atoms with E-state index in [2.05, 4.69) is 115 Å². The first-order chi connectivity index (χ1) is 14.4. The predicted octanol–water partition coefficient (Wildman–Crippen LogP) is 7.68. The first kappa shape index (κ1) is 16.3.